The highest BCUT2D eigenvalue weighted by atomic mass is 16.5. The summed E-state index contributed by atoms with van der Waals surface area (Å²) in [5.41, 5.74) is 0.657. The van der Waals surface area contributed by atoms with Crippen molar-refractivity contribution in [3.05, 3.63) is 40.1 Å². The number of pyridine rings is 1. The molecule has 0 aliphatic carbocycles. The van der Waals surface area contributed by atoms with Crippen molar-refractivity contribution in [3.63, 3.8) is 0 Å². The van der Waals surface area contributed by atoms with Crippen LogP contribution in [0.25, 0.3) is 22.6 Å². The van der Waals surface area contributed by atoms with E-state index in [9.17, 15) is 14.7 Å². The summed E-state index contributed by atoms with van der Waals surface area (Å²) in [6, 6.07) is 5.25. The van der Waals surface area contributed by atoms with Crippen molar-refractivity contribution in [2.75, 3.05) is 14.2 Å². The number of hydrogen-bond acceptors (Lipinski definition) is 8. The Kier molecular flexibility index (Phi) is 6.74. The first kappa shape index (κ1) is 22.1. The molecular weight excluding hydrogens is 402 g/mol. The zero-order chi connectivity index (χ0) is 22.5. The number of carbonyl (C=O) groups is 1. The fourth-order valence-corrected chi connectivity index (χ4v) is 3.38. The normalized spacial score (nSPS) is 10.8. The van der Waals surface area contributed by atoms with Gasteiger partial charge in [-0.15, -0.1) is 10.2 Å². The Labute approximate surface area is 179 Å². The molecule has 0 fully saturated rings. The molecule has 1 aromatic carbocycles. The van der Waals surface area contributed by atoms with E-state index in [1.54, 1.807) is 18.2 Å². The highest BCUT2D eigenvalue weighted by Crippen LogP contribution is 2.46. The van der Waals surface area contributed by atoms with Gasteiger partial charge in [0.2, 0.25) is 5.89 Å². The van der Waals surface area contributed by atoms with Crippen LogP contribution in [0.1, 0.15) is 38.3 Å². The zero-order valence-electron chi connectivity index (χ0n) is 17.9. The van der Waals surface area contributed by atoms with Crippen molar-refractivity contribution in [1.82, 2.24) is 15.2 Å². The number of Topliss-reactive ketones (excluding diaryl/α,β-unsaturated/α-hetero) is 1. The minimum absolute atomic E-state index is 0.0621. The first-order valence-electron chi connectivity index (χ1n) is 9.92. The zero-order valence-corrected chi connectivity index (χ0v) is 17.9. The summed E-state index contributed by atoms with van der Waals surface area (Å²) in [7, 11) is 3.03. The van der Waals surface area contributed by atoms with Crippen molar-refractivity contribution in [2.45, 2.75) is 39.5 Å². The SMILES string of the molecule is CCCCc1[nH]c(=O)c(-c2nnc(CC(C)=O)o2)c(O)c1-c1c(OC)cccc1OC. The van der Waals surface area contributed by atoms with Gasteiger partial charge in [-0.2, -0.15) is 0 Å². The van der Waals surface area contributed by atoms with Crippen LogP contribution in [0.2, 0.25) is 0 Å². The molecule has 0 spiro atoms. The van der Waals surface area contributed by atoms with E-state index >= 15 is 0 Å². The second kappa shape index (κ2) is 9.46. The van der Waals surface area contributed by atoms with Gasteiger partial charge in [0.1, 0.15) is 28.6 Å². The van der Waals surface area contributed by atoms with Crippen LogP contribution in [0.4, 0.5) is 0 Å². The smallest absolute Gasteiger partial charge is 0.264 e. The number of nitrogens with zero attached hydrogens (tertiary/aromatic N) is 2. The van der Waals surface area contributed by atoms with Crippen LogP contribution in [0.5, 0.6) is 17.2 Å². The summed E-state index contributed by atoms with van der Waals surface area (Å²) in [6.45, 7) is 3.42. The third kappa shape index (κ3) is 4.45. The van der Waals surface area contributed by atoms with Crippen molar-refractivity contribution >= 4 is 5.78 Å². The molecular formula is C22H25N3O6. The number of aryl methyl sites for hydroxylation is 1. The molecule has 3 rings (SSSR count). The van der Waals surface area contributed by atoms with E-state index in [1.165, 1.54) is 21.1 Å². The summed E-state index contributed by atoms with van der Waals surface area (Å²) < 4.78 is 16.5. The molecule has 0 bridgehead atoms. The molecule has 2 heterocycles. The first-order chi connectivity index (χ1) is 14.9. The van der Waals surface area contributed by atoms with Gasteiger partial charge in [-0.25, -0.2) is 0 Å². The molecule has 0 aliphatic heterocycles. The number of ketones is 1. The van der Waals surface area contributed by atoms with Gasteiger partial charge >= 0.3 is 0 Å². The molecule has 3 aromatic rings. The van der Waals surface area contributed by atoms with Crippen molar-refractivity contribution in [3.8, 4) is 39.8 Å². The number of nitrogens with one attached hydrogen (secondary N) is 1. The average Bonchev–Trinajstić information content (AvgIpc) is 3.18. The Morgan fingerprint density at radius 3 is 2.39 bits per heavy atom. The third-order valence-electron chi connectivity index (χ3n) is 4.81. The number of carbonyl (C=O) groups excluding carboxylic acids is 1. The number of aromatic hydroxyl groups is 1. The monoisotopic (exact) mass is 427 g/mol. The summed E-state index contributed by atoms with van der Waals surface area (Å²) in [4.78, 5) is 27.1. The Morgan fingerprint density at radius 1 is 1.13 bits per heavy atom. The highest BCUT2D eigenvalue weighted by molar-refractivity contribution is 5.87. The van der Waals surface area contributed by atoms with E-state index in [0.717, 1.165) is 12.8 Å². The maximum Gasteiger partial charge on any atom is 0.264 e. The number of aromatic amines is 1. The number of hydrogen-bond donors (Lipinski definition) is 2. The number of H-pyrrole nitrogens is 1. The maximum absolute atomic E-state index is 12.9. The molecule has 9 heteroatoms. The third-order valence-corrected chi connectivity index (χ3v) is 4.81. The summed E-state index contributed by atoms with van der Waals surface area (Å²) in [5, 5.41) is 18.9. The molecule has 0 saturated heterocycles. The standard InChI is InChI=1S/C22H25N3O6/c1-5-6-8-13-17(18-14(29-3)9-7-10-15(18)30-4)20(27)19(21(28)23-13)22-25-24-16(31-22)11-12(2)26/h7,9-10H,5-6,8,11H2,1-4H3,(H2,23,27,28). The fraction of sp³-hybridized carbons (Fsp3) is 0.364. The molecule has 9 nitrogen and oxygen atoms in total. The van der Waals surface area contributed by atoms with Gasteiger partial charge in [0.05, 0.1) is 31.8 Å². The van der Waals surface area contributed by atoms with Crippen LogP contribution in [0, 0.1) is 0 Å². The van der Waals surface area contributed by atoms with E-state index in [4.69, 9.17) is 13.9 Å². The van der Waals surface area contributed by atoms with Gasteiger partial charge < -0.3 is 24.0 Å². The molecule has 0 amide bonds. The van der Waals surface area contributed by atoms with Crippen molar-refractivity contribution in [2.24, 2.45) is 0 Å². The number of methoxy groups -OCH3 is 2. The van der Waals surface area contributed by atoms with Gasteiger partial charge in [0.25, 0.3) is 11.4 Å². The maximum atomic E-state index is 12.9. The van der Waals surface area contributed by atoms with Gasteiger partial charge in [0.15, 0.2) is 0 Å². The van der Waals surface area contributed by atoms with E-state index in [0.29, 0.717) is 34.7 Å². The summed E-state index contributed by atoms with van der Waals surface area (Å²) in [5.74, 6) is 0.333. The lowest BCUT2D eigenvalue weighted by Gasteiger charge is -2.18. The molecule has 164 valence electrons. The van der Waals surface area contributed by atoms with E-state index in [-0.39, 0.29) is 35.3 Å². The average molecular weight is 427 g/mol. The predicted octanol–water partition coefficient (Wildman–Crippen LogP) is 3.29. The van der Waals surface area contributed by atoms with E-state index in [1.807, 2.05) is 6.92 Å². The molecule has 0 aliphatic rings. The Bertz CT molecular complexity index is 1130. The highest BCUT2D eigenvalue weighted by Gasteiger charge is 2.27. The number of ether oxygens (including phenoxy) is 2. The molecule has 0 atom stereocenters. The van der Waals surface area contributed by atoms with Gasteiger partial charge in [-0.1, -0.05) is 19.4 Å². The number of aromatic nitrogens is 3. The Balaban J connectivity index is 2.30. The molecule has 2 N–H and O–H groups in total. The summed E-state index contributed by atoms with van der Waals surface area (Å²) >= 11 is 0. The second-order valence-electron chi connectivity index (χ2n) is 7.05. The lowest BCUT2D eigenvalue weighted by atomic mass is 9.96. The largest absolute Gasteiger partial charge is 0.506 e. The van der Waals surface area contributed by atoms with Crippen LogP contribution in [0.3, 0.4) is 0 Å². The first-order valence-corrected chi connectivity index (χ1v) is 9.92. The lowest BCUT2D eigenvalue weighted by molar-refractivity contribution is -0.116. The number of unbranched alkanes of at least 4 members (excludes halogenated alkanes) is 1. The Hall–Kier alpha value is -3.62. The fourth-order valence-electron chi connectivity index (χ4n) is 3.38. The second-order valence-corrected chi connectivity index (χ2v) is 7.05. The quantitative estimate of drug-likeness (QED) is 0.532. The molecule has 0 unspecified atom stereocenters. The number of rotatable bonds is 9. The van der Waals surface area contributed by atoms with Crippen molar-refractivity contribution < 1.29 is 23.8 Å². The van der Waals surface area contributed by atoms with Gasteiger partial charge in [0, 0.05) is 5.69 Å². The molecule has 0 radical (unpaired) electrons. The Morgan fingerprint density at radius 2 is 1.81 bits per heavy atom. The molecule has 2 aromatic heterocycles. The van der Waals surface area contributed by atoms with Crippen LogP contribution in [-0.2, 0) is 17.6 Å². The van der Waals surface area contributed by atoms with Crippen molar-refractivity contribution in [1.29, 1.82) is 0 Å². The van der Waals surface area contributed by atoms with E-state index < -0.39 is 5.56 Å². The van der Waals surface area contributed by atoms with Crippen LogP contribution in [-0.4, -0.2) is 40.3 Å². The van der Waals surface area contributed by atoms with Crippen LogP contribution in [0.15, 0.2) is 27.4 Å². The summed E-state index contributed by atoms with van der Waals surface area (Å²) in [6.07, 6.45) is 2.15. The lowest BCUT2D eigenvalue weighted by Crippen LogP contribution is -2.14. The molecule has 0 saturated carbocycles. The van der Waals surface area contributed by atoms with E-state index in [2.05, 4.69) is 15.2 Å². The van der Waals surface area contributed by atoms with Gasteiger partial charge in [-0.05, 0) is 31.9 Å². The minimum Gasteiger partial charge on any atom is -0.506 e. The van der Waals surface area contributed by atoms with Crippen LogP contribution >= 0.6 is 0 Å². The minimum atomic E-state index is -0.570. The van der Waals surface area contributed by atoms with Gasteiger partial charge in [-0.3, -0.25) is 9.59 Å². The topological polar surface area (TPSA) is 128 Å². The number of benzene rings is 1. The van der Waals surface area contributed by atoms with Crippen LogP contribution < -0.4 is 15.0 Å². The predicted molar refractivity (Wildman–Crippen MR) is 114 cm³/mol. The molecule has 31 heavy (non-hydrogen) atoms.